The zero-order chi connectivity index (χ0) is 14.5. The molecule has 0 radical (unpaired) electrons. The van der Waals surface area contributed by atoms with Gasteiger partial charge in [0.15, 0.2) is 0 Å². The zero-order valence-corrected chi connectivity index (χ0v) is 11.9. The largest absolute Gasteiger partial charge is 0.494 e. The summed E-state index contributed by atoms with van der Waals surface area (Å²) < 4.78 is 18.8. The molecule has 0 saturated carbocycles. The first-order chi connectivity index (χ1) is 9.61. The van der Waals surface area contributed by atoms with Gasteiger partial charge in [0, 0.05) is 0 Å². The molecular formula is C17H20FNO. The third kappa shape index (κ3) is 3.36. The molecule has 0 bridgehead atoms. The highest BCUT2D eigenvalue weighted by molar-refractivity contribution is 5.36. The van der Waals surface area contributed by atoms with Crippen LogP contribution < -0.4 is 10.5 Å². The van der Waals surface area contributed by atoms with Gasteiger partial charge in [-0.2, -0.15) is 0 Å². The molecule has 0 saturated heterocycles. The summed E-state index contributed by atoms with van der Waals surface area (Å²) >= 11 is 0. The fourth-order valence-electron chi connectivity index (χ4n) is 2.05. The van der Waals surface area contributed by atoms with Crippen molar-refractivity contribution in [3.63, 3.8) is 0 Å². The molecule has 0 fully saturated rings. The second-order valence-corrected chi connectivity index (χ2v) is 4.90. The molecule has 0 spiro atoms. The molecule has 1 atom stereocenters. The van der Waals surface area contributed by atoms with E-state index in [4.69, 9.17) is 10.5 Å². The minimum absolute atomic E-state index is 0.204. The van der Waals surface area contributed by atoms with Gasteiger partial charge in [0.25, 0.3) is 0 Å². The smallest absolute Gasteiger partial charge is 0.126 e. The number of rotatable bonds is 5. The van der Waals surface area contributed by atoms with Crippen LogP contribution in [0.2, 0.25) is 0 Å². The number of aryl methyl sites for hydroxylation is 1. The Morgan fingerprint density at radius 3 is 2.35 bits per heavy atom. The monoisotopic (exact) mass is 273 g/mol. The van der Waals surface area contributed by atoms with Gasteiger partial charge in [-0.15, -0.1) is 0 Å². The van der Waals surface area contributed by atoms with E-state index in [1.165, 1.54) is 6.07 Å². The van der Waals surface area contributed by atoms with Crippen LogP contribution in [0.25, 0.3) is 0 Å². The minimum atomic E-state index is -0.255. The Bertz CT molecular complexity index is 566. The van der Waals surface area contributed by atoms with Gasteiger partial charge >= 0.3 is 0 Å². The molecule has 2 N–H and O–H groups in total. The molecular weight excluding hydrogens is 253 g/mol. The van der Waals surface area contributed by atoms with Crippen LogP contribution in [0.1, 0.15) is 36.1 Å². The van der Waals surface area contributed by atoms with Gasteiger partial charge < -0.3 is 10.5 Å². The van der Waals surface area contributed by atoms with Crippen LogP contribution in [0.4, 0.5) is 4.39 Å². The Hall–Kier alpha value is -1.87. The van der Waals surface area contributed by atoms with E-state index in [0.717, 1.165) is 23.3 Å². The molecule has 2 rings (SSSR count). The maximum atomic E-state index is 13.3. The summed E-state index contributed by atoms with van der Waals surface area (Å²) in [6, 6.07) is 12.5. The van der Waals surface area contributed by atoms with Gasteiger partial charge in [-0.25, -0.2) is 4.39 Å². The molecule has 1 unspecified atom stereocenters. The number of hydrogen-bond donors (Lipinski definition) is 1. The fourth-order valence-corrected chi connectivity index (χ4v) is 2.05. The predicted octanol–water partition coefficient (Wildman–Crippen LogP) is 3.97. The molecule has 0 aromatic heterocycles. The van der Waals surface area contributed by atoms with E-state index in [1.807, 2.05) is 24.3 Å². The number of halogens is 1. The molecule has 0 aliphatic rings. The first kappa shape index (κ1) is 14.5. The van der Waals surface area contributed by atoms with Crippen LogP contribution in [0.5, 0.6) is 5.75 Å². The third-order valence-electron chi connectivity index (χ3n) is 3.25. The summed E-state index contributed by atoms with van der Waals surface area (Å²) in [5, 5.41) is 0. The summed E-state index contributed by atoms with van der Waals surface area (Å²) in [7, 11) is 0. The lowest BCUT2D eigenvalue weighted by Crippen LogP contribution is -2.12. The number of benzene rings is 2. The molecule has 0 aliphatic heterocycles. The molecule has 20 heavy (non-hydrogen) atoms. The highest BCUT2D eigenvalue weighted by Crippen LogP contribution is 2.23. The summed E-state index contributed by atoms with van der Waals surface area (Å²) in [5.74, 6) is 0.641. The van der Waals surface area contributed by atoms with Gasteiger partial charge in [-0.3, -0.25) is 0 Å². The van der Waals surface area contributed by atoms with Crippen LogP contribution in [-0.4, -0.2) is 6.61 Å². The average Bonchev–Trinajstić information content (AvgIpc) is 2.48. The van der Waals surface area contributed by atoms with Crippen molar-refractivity contribution in [2.24, 2.45) is 5.73 Å². The Balaban J connectivity index is 2.15. The number of hydrogen-bond acceptors (Lipinski definition) is 2. The van der Waals surface area contributed by atoms with Crippen LogP contribution >= 0.6 is 0 Å². The van der Waals surface area contributed by atoms with Gasteiger partial charge in [0.1, 0.15) is 11.6 Å². The normalized spacial score (nSPS) is 12.2. The van der Waals surface area contributed by atoms with Crippen molar-refractivity contribution in [1.29, 1.82) is 0 Å². The van der Waals surface area contributed by atoms with Crippen LogP contribution in [-0.2, 0) is 0 Å². The van der Waals surface area contributed by atoms with Crippen molar-refractivity contribution in [2.75, 3.05) is 6.61 Å². The molecule has 106 valence electrons. The van der Waals surface area contributed by atoms with Crippen molar-refractivity contribution in [1.82, 2.24) is 0 Å². The first-order valence-electron chi connectivity index (χ1n) is 6.86. The van der Waals surface area contributed by atoms with Gasteiger partial charge in [-0.05, 0) is 48.2 Å². The van der Waals surface area contributed by atoms with Gasteiger partial charge in [0.05, 0.1) is 12.6 Å². The maximum Gasteiger partial charge on any atom is 0.126 e. The van der Waals surface area contributed by atoms with E-state index in [0.29, 0.717) is 12.2 Å². The molecule has 0 heterocycles. The number of ether oxygens (including phenoxy) is 1. The molecule has 3 heteroatoms. The van der Waals surface area contributed by atoms with Crippen molar-refractivity contribution in [3.05, 3.63) is 65.0 Å². The van der Waals surface area contributed by atoms with Crippen molar-refractivity contribution >= 4 is 0 Å². The minimum Gasteiger partial charge on any atom is -0.494 e. The lowest BCUT2D eigenvalue weighted by Gasteiger charge is -2.14. The summed E-state index contributed by atoms with van der Waals surface area (Å²) in [6.45, 7) is 4.52. The molecule has 2 aromatic carbocycles. The predicted molar refractivity (Wildman–Crippen MR) is 79.4 cm³/mol. The van der Waals surface area contributed by atoms with E-state index in [2.05, 4.69) is 6.92 Å². The summed E-state index contributed by atoms with van der Waals surface area (Å²) in [4.78, 5) is 0. The lowest BCUT2D eigenvalue weighted by molar-refractivity contribution is 0.317. The average molecular weight is 273 g/mol. The SMILES string of the molecule is CCCOc1ccc(C(N)c2ccc(F)c(C)c2)cc1. The molecule has 0 aliphatic carbocycles. The highest BCUT2D eigenvalue weighted by Gasteiger charge is 2.10. The first-order valence-corrected chi connectivity index (χ1v) is 6.86. The van der Waals surface area contributed by atoms with Crippen molar-refractivity contribution in [2.45, 2.75) is 26.3 Å². The summed E-state index contributed by atoms with van der Waals surface area (Å²) in [5.41, 5.74) is 8.73. The number of nitrogens with two attached hydrogens (primary N) is 1. The topological polar surface area (TPSA) is 35.2 Å². The van der Waals surface area contributed by atoms with E-state index in [9.17, 15) is 4.39 Å². The Labute approximate surface area is 119 Å². The third-order valence-corrected chi connectivity index (χ3v) is 3.25. The van der Waals surface area contributed by atoms with Crippen LogP contribution in [0.3, 0.4) is 0 Å². The molecule has 2 nitrogen and oxygen atoms in total. The van der Waals surface area contributed by atoms with Crippen LogP contribution in [0, 0.1) is 12.7 Å². The lowest BCUT2D eigenvalue weighted by atomic mass is 9.98. The van der Waals surface area contributed by atoms with E-state index >= 15 is 0 Å². The fraction of sp³-hybridized carbons (Fsp3) is 0.294. The van der Waals surface area contributed by atoms with Crippen molar-refractivity contribution in [3.8, 4) is 5.75 Å². The second kappa shape index (κ2) is 6.53. The van der Waals surface area contributed by atoms with E-state index in [-0.39, 0.29) is 11.9 Å². The van der Waals surface area contributed by atoms with E-state index < -0.39 is 0 Å². The van der Waals surface area contributed by atoms with Crippen molar-refractivity contribution < 1.29 is 9.13 Å². The standard InChI is InChI=1S/C17H20FNO/c1-3-10-20-15-7-4-13(5-8-15)17(19)14-6-9-16(18)12(2)11-14/h4-9,11,17H,3,10,19H2,1-2H3. The van der Waals surface area contributed by atoms with Gasteiger partial charge in [0.2, 0.25) is 0 Å². The molecule has 2 aromatic rings. The molecule has 0 amide bonds. The Kier molecular flexibility index (Phi) is 4.74. The Morgan fingerprint density at radius 1 is 1.10 bits per heavy atom. The second-order valence-electron chi connectivity index (χ2n) is 4.90. The maximum absolute atomic E-state index is 13.3. The quantitative estimate of drug-likeness (QED) is 0.894. The highest BCUT2D eigenvalue weighted by atomic mass is 19.1. The Morgan fingerprint density at radius 2 is 1.75 bits per heavy atom. The zero-order valence-electron chi connectivity index (χ0n) is 11.9. The van der Waals surface area contributed by atoms with Crippen LogP contribution in [0.15, 0.2) is 42.5 Å². The van der Waals surface area contributed by atoms with E-state index in [1.54, 1.807) is 19.1 Å². The summed E-state index contributed by atoms with van der Waals surface area (Å²) in [6.07, 6.45) is 0.982. The van der Waals surface area contributed by atoms with Gasteiger partial charge in [-0.1, -0.05) is 31.2 Å².